The van der Waals surface area contributed by atoms with Gasteiger partial charge in [-0.25, -0.2) is 5.01 Å². The Labute approximate surface area is 149 Å². The zero-order valence-corrected chi connectivity index (χ0v) is 14.2. The van der Waals surface area contributed by atoms with E-state index >= 15 is 0 Å². The Morgan fingerprint density at radius 3 is 2.81 bits per heavy atom. The molecule has 1 saturated carbocycles. The van der Waals surface area contributed by atoms with Crippen molar-refractivity contribution in [3.8, 4) is 5.75 Å². The molecule has 0 unspecified atom stereocenters. The molecular weight excluding hydrogens is 345 g/mol. The molecule has 0 spiro atoms. The highest BCUT2D eigenvalue weighted by atomic mass is 19.4. The first-order valence-corrected chi connectivity index (χ1v) is 8.43. The summed E-state index contributed by atoms with van der Waals surface area (Å²) in [6.45, 7) is 0.925. The van der Waals surface area contributed by atoms with Crippen LogP contribution in [0.1, 0.15) is 18.4 Å². The van der Waals surface area contributed by atoms with E-state index in [9.17, 15) is 13.2 Å². The van der Waals surface area contributed by atoms with Gasteiger partial charge in [-0.3, -0.25) is 5.01 Å². The van der Waals surface area contributed by atoms with Crippen LogP contribution in [-0.4, -0.2) is 30.0 Å². The summed E-state index contributed by atoms with van der Waals surface area (Å²) < 4.78 is 41.5. The average molecular weight is 364 g/mol. The van der Waals surface area contributed by atoms with Crippen molar-refractivity contribution in [3.63, 3.8) is 0 Å². The van der Waals surface area contributed by atoms with Gasteiger partial charge < -0.3 is 15.4 Å². The summed E-state index contributed by atoms with van der Waals surface area (Å²) in [7, 11) is 1.91. The van der Waals surface area contributed by atoms with E-state index in [0.717, 1.165) is 29.8 Å². The first kappa shape index (κ1) is 16.7. The SMILES string of the molecule is CN1C(NCC2CC2)=CC=C2NC=C(c3cccc(OC(F)(F)F)c3)N21. The van der Waals surface area contributed by atoms with Crippen molar-refractivity contribution in [2.24, 2.45) is 5.92 Å². The summed E-state index contributed by atoms with van der Waals surface area (Å²) in [4.78, 5) is 0. The molecule has 26 heavy (non-hydrogen) atoms. The van der Waals surface area contributed by atoms with Crippen LogP contribution in [0.3, 0.4) is 0 Å². The number of ether oxygens (including phenoxy) is 1. The van der Waals surface area contributed by atoms with Crippen LogP contribution in [0, 0.1) is 5.92 Å². The Balaban J connectivity index is 1.54. The third-order valence-corrected chi connectivity index (χ3v) is 4.49. The van der Waals surface area contributed by atoms with Gasteiger partial charge in [0.25, 0.3) is 0 Å². The maximum atomic E-state index is 12.5. The number of nitrogens with one attached hydrogen (secondary N) is 2. The number of hydrogen-bond acceptors (Lipinski definition) is 5. The minimum atomic E-state index is -4.71. The summed E-state index contributed by atoms with van der Waals surface area (Å²) in [6, 6.07) is 5.97. The monoisotopic (exact) mass is 364 g/mol. The van der Waals surface area contributed by atoms with E-state index in [-0.39, 0.29) is 5.75 Å². The van der Waals surface area contributed by atoms with Gasteiger partial charge in [0.15, 0.2) is 0 Å². The number of alkyl halides is 3. The zero-order chi connectivity index (χ0) is 18.3. The van der Waals surface area contributed by atoms with Crippen LogP contribution in [0.2, 0.25) is 0 Å². The van der Waals surface area contributed by atoms with Gasteiger partial charge in [-0.1, -0.05) is 12.1 Å². The van der Waals surface area contributed by atoms with E-state index < -0.39 is 6.36 Å². The third kappa shape index (κ3) is 3.44. The molecule has 0 amide bonds. The summed E-state index contributed by atoms with van der Waals surface area (Å²) in [5, 5.41) is 10.4. The van der Waals surface area contributed by atoms with Gasteiger partial charge in [-0.15, -0.1) is 13.2 Å². The molecule has 2 heterocycles. The summed E-state index contributed by atoms with van der Waals surface area (Å²) in [6.07, 6.45) is 3.50. The Kier molecular flexibility index (Phi) is 3.97. The quantitative estimate of drug-likeness (QED) is 0.839. The van der Waals surface area contributed by atoms with Crippen molar-refractivity contribution >= 4 is 5.70 Å². The van der Waals surface area contributed by atoms with Crippen molar-refractivity contribution in [1.29, 1.82) is 0 Å². The number of hydrazine groups is 1. The van der Waals surface area contributed by atoms with Crippen molar-refractivity contribution in [3.05, 3.63) is 59.8 Å². The lowest BCUT2D eigenvalue weighted by Crippen LogP contribution is -2.43. The number of fused-ring (bicyclic) bond motifs is 1. The van der Waals surface area contributed by atoms with Crippen molar-refractivity contribution in [1.82, 2.24) is 20.7 Å². The van der Waals surface area contributed by atoms with Crippen molar-refractivity contribution < 1.29 is 17.9 Å². The zero-order valence-electron chi connectivity index (χ0n) is 14.2. The molecule has 2 aliphatic heterocycles. The van der Waals surface area contributed by atoms with Gasteiger partial charge in [0, 0.05) is 25.4 Å². The molecule has 1 fully saturated rings. The van der Waals surface area contributed by atoms with Crippen LogP contribution in [0.5, 0.6) is 5.75 Å². The van der Waals surface area contributed by atoms with Gasteiger partial charge >= 0.3 is 6.36 Å². The van der Waals surface area contributed by atoms with Gasteiger partial charge in [-0.05, 0) is 43.0 Å². The number of halogens is 3. The molecule has 8 heteroatoms. The molecule has 1 aromatic rings. The second-order valence-corrected chi connectivity index (χ2v) is 6.51. The van der Waals surface area contributed by atoms with E-state index in [1.165, 1.54) is 25.0 Å². The van der Waals surface area contributed by atoms with Crippen LogP contribution >= 0.6 is 0 Å². The molecule has 0 aromatic heterocycles. The first-order valence-electron chi connectivity index (χ1n) is 8.43. The Morgan fingerprint density at radius 1 is 1.27 bits per heavy atom. The van der Waals surface area contributed by atoms with Crippen LogP contribution in [0.15, 0.2) is 54.3 Å². The smallest absolute Gasteiger partial charge is 0.406 e. The number of allylic oxidation sites excluding steroid dienone is 2. The van der Waals surface area contributed by atoms with E-state index in [0.29, 0.717) is 5.56 Å². The number of rotatable bonds is 5. The molecule has 0 radical (unpaired) electrons. The van der Waals surface area contributed by atoms with Crippen molar-refractivity contribution in [2.75, 3.05) is 13.6 Å². The first-order chi connectivity index (χ1) is 12.4. The van der Waals surface area contributed by atoms with Crippen LogP contribution in [0.4, 0.5) is 13.2 Å². The van der Waals surface area contributed by atoms with E-state index in [1.54, 1.807) is 18.3 Å². The fourth-order valence-electron chi connectivity index (χ4n) is 3.01. The molecule has 1 aromatic carbocycles. The lowest BCUT2D eigenvalue weighted by molar-refractivity contribution is -0.274. The minimum absolute atomic E-state index is 0.240. The lowest BCUT2D eigenvalue weighted by Gasteiger charge is -2.38. The summed E-state index contributed by atoms with van der Waals surface area (Å²) in [5.41, 5.74) is 1.36. The topological polar surface area (TPSA) is 39.8 Å². The molecule has 4 rings (SSSR count). The van der Waals surface area contributed by atoms with Crippen molar-refractivity contribution in [2.45, 2.75) is 19.2 Å². The summed E-state index contributed by atoms with van der Waals surface area (Å²) >= 11 is 0. The second-order valence-electron chi connectivity index (χ2n) is 6.51. The van der Waals surface area contributed by atoms with E-state index in [4.69, 9.17) is 0 Å². The minimum Gasteiger partial charge on any atom is -0.406 e. The molecule has 2 N–H and O–H groups in total. The average Bonchev–Trinajstić information content (AvgIpc) is 3.30. The van der Waals surface area contributed by atoms with Gasteiger partial charge in [0.2, 0.25) is 0 Å². The Bertz CT molecular complexity index is 796. The Hall–Kier alpha value is -2.77. The Morgan fingerprint density at radius 2 is 2.08 bits per heavy atom. The molecule has 0 bridgehead atoms. The molecule has 0 saturated heterocycles. The fourth-order valence-corrected chi connectivity index (χ4v) is 3.01. The normalized spacial score (nSPS) is 19.3. The number of nitrogens with zero attached hydrogens (tertiary/aromatic N) is 2. The highest BCUT2D eigenvalue weighted by Crippen LogP contribution is 2.34. The van der Waals surface area contributed by atoms with Gasteiger partial charge in [0.05, 0.1) is 5.70 Å². The molecule has 3 aliphatic rings. The fraction of sp³-hybridized carbons (Fsp3) is 0.333. The molecule has 0 atom stereocenters. The van der Waals surface area contributed by atoms with Crippen LogP contribution in [-0.2, 0) is 0 Å². The maximum absolute atomic E-state index is 12.5. The standard InChI is InChI=1S/C18H19F3N4O/c1-24-16(22-10-12-5-6-12)7-8-17-23-11-15(25(17)24)13-3-2-4-14(9-13)26-18(19,20)21/h2-4,7-9,11-12,22-23H,5-6,10H2,1H3. The predicted octanol–water partition coefficient (Wildman–Crippen LogP) is 3.33. The molecule has 138 valence electrons. The highest BCUT2D eigenvalue weighted by Gasteiger charge is 2.33. The van der Waals surface area contributed by atoms with E-state index in [2.05, 4.69) is 15.4 Å². The van der Waals surface area contributed by atoms with Gasteiger partial charge in [-0.2, -0.15) is 0 Å². The maximum Gasteiger partial charge on any atom is 0.573 e. The second kappa shape index (κ2) is 6.19. The number of benzene rings is 1. The molecule has 5 nitrogen and oxygen atoms in total. The van der Waals surface area contributed by atoms with E-state index in [1.807, 2.05) is 29.2 Å². The van der Waals surface area contributed by atoms with Gasteiger partial charge in [0.1, 0.15) is 17.4 Å². The lowest BCUT2D eigenvalue weighted by atomic mass is 10.1. The summed E-state index contributed by atoms with van der Waals surface area (Å²) in [5.74, 6) is 2.27. The highest BCUT2D eigenvalue weighted by molar-refractivity contribution is 5.69. The molecule has 1 aliphatic carbocycles. The number of hydrogen-bond donors (Lipinski definition) is 2. The molecular formula is C18H19F3N4O. The predicted molar refractivity (Wildman–Crippen MR) is 90.7 cm³/mol. The van der Waals surface area contributed by atoms with Crippen LogP contribution < -0.4 is 15.4 Å². The third-order valence-electron chi connectivity index (χ3n) is 4.49. The largest absolute Gasteiger partial charge is 0.573 e. The van der Waals surface area contributed by atoms with Crippen LogP contribution in [0.25, 0.3) is 5.70 Å².